The van der Waals surface area contributed by atoms with Crippen LogP contribution in [0.25, 0.3) is 10.4 Å². The molecule has 1 saturated heterocycles. The van der Waals surface area contributed by atoms with Gasteiger partial charge in [0.15, 0.2) is 6.29 Å². The molecule has 0 spiro atoms. The van der Waals surface area contributed by atoms with Gasteiger partial charge in [-0.1, -0.05) is 71.9 Å². The van der Waals surface area contributed by atoms with Crippen molar-refractivity contribution in [1.82, 2.24) is 0 Å². The molecule has 0 unspecified atom stereocenters. The van der Waals surface area contributed by atoms with Gasteiger partial charge < -0.3 is 28.8 Å². The van der Waals surface area contributed by atoms with Crippen molar-refractivity contribution in [3.05, 3.63) is 94.9 Å². The molecular weight excluding hydrogens is 438 g/mol. The summed E-state index contributed by atoms with van der Waals surface area (Å²) in [5.41, 5.74) is 11.1. The molecule has 2 aromatic carbocycles. The predicted octanol–water partition coefficient (Wildman–Crippen LogP) is 3.77. The molecule has 0 bridgehead atoms. The van der Waals surface area contributed by atoms with Crippen LogP contribution in [0.15, 0.2) is 78.4 Å². The number of hydrogen-bond acceptors (Lipinski definition) is 7. The van der Waals surface area contributed by atoms with Crippen LogP contribution in [0, 0.1) is 0 Å². The first-order chi connectivity index (χ1) is 16.7. The van der Waals surface area contributed by atoms with E-state index in [1.807, 2.05) is 60.7 Å². The lowest BCUT2D eigenvalue weighted by atomic mass is 9.93. The van der Waals surface area contributed by atoms with Crippen LogP contribution >= 0.6 is 0 Å². The smallest absolute Gasteiger partial charge is 0.168 e. The van der Waals surface area contributed by atoms with Crippen LogP contribution < -0.4 is 0 Å². The summed E-state index contributed by atoms with van der Waals surface area (Å²) in [6, 6.07) is 18.4. The van der Waals surface area contributed by atoms with Gasteiger partial charge >= 0.3 is 0 Å². The molecule has 182 valence electrons. The molecule has 1 aliphatic rings. The number of azide groups is 1. The maximum atomic E-state index is 10.9. The van der Waals surface area contributed by atoms with Gasteiger partial charge in [0.1, 0.15) is 30.5 Å². The van der Waals surface area contributed by atoms with E-state index in [-0.39, 0.29) is 26.4 Å². The fraction of sp³-hybridized carbons (Fsp3) is 0.440. The summed E-state index contributed by atoms with van der Waals surface area (Å²) in [4.78, 5) is 2.98. The Kier molecular flexibility index (Phi) is 10.5. The summed E-state index contributed by atoms with van der Waals surface area (Å²) < 4.78 is 29.5. The van der Waals surface area contributed by atoms with Crippen LogP contribution in [0.5, 0.6) is 0 Å². The van der Waals surface area contributed by atoms with E-state index in [1.165, 1.54) is 7.11 Å². The Morgan fingerprint density at radius 2 is 1.65 bits per heavy atom. The van der Waals surface area contributed by atoms with E-state index in [9.17, 15) is 10.6 Å². The summed E-state index contributed by atoms with van der Waals surface area (Å²) in [6.07, 6.45) is -2.77. The van der Waals surface area contributed by atoms with E-state index in [4.69, 9.17) is 23.7 Å². The zero-order valence-electron chi connectivity index (χ0n) is 19.2. The monoisotopic (exact) mass is 469 g/mol. The molecule has 3 rings (SSSR count). The number of nitrogens with zero attached hydrogens (tertiary/aromatic N) is 3. The van der Waals surface area contributed by atoms with E-state index in [2.05, 4.69) is 16.6 Å². The lowest BCUT2D eigenvalue weighted by Gasteiger charge is -2.45. The van der Waals surface area contributed by atoms with Crippen LogP contribution in [0.1, 0.15) is 11.1 Å². The number of rotatable bonds is 13. The lowest BCUT2D eigenvalue weighted by Crippen LogP contribution is -2.62. The molecule has 1 aliphatic heterocycles. The Hall–Kier alpha value is -2.75. The number of ether oxygens (including phenoxy) is 5. The maximum Gasteiger partial charge on any atom is 0.168 e. The number of aliphatic hydroxyl groups excluding tert-OH is 1. The largest absolute Gasteiger partial charge is 0.388 e. The van der Waals surface area contributed by atoms with Gasteiger partial charge in [0.2, 0.25) is 0 Å². The third-order valence-electron chi connectivity index (χ3n) is 5.45. The zero-order valence-corrected chi connectivity index (χ0v) is 19.2. The van der Waals surface area contributed by atoms with Crippen molar-refractivity contribution in [2.75, 3.05) is 20.3 Å². The highest BCUT2D eigenvalue weighted by Crippen LogP contribution is 2.32. The third-order valence-corrected chi connectivity index (χ3v) is 5.45. The summed E-state index contributed by atoms with van der Waals surface area (Å²) in [5, 5.41) is 14.8. The van der Waals surface area contributed by atoms with E-state index < -0.39 is 36.7 Å². The predicted molar refractivity (Wildman–Crippen MR) is 126 cm³/mol. The van der Waals surface area contributed by atoms with Gasteiger partial charge in [-0.25, -0.2) is 0 Å². The Labute approximate surface area is 199 Å². The SMILES string of the molecule is C=CCOC[C@@H](O)[C@H]1O[C@H](OC)[C@H](N=[N+]=[N-])[C@@H](OCc2ccccc2)[C@@H]1OCc1ccccc1. The van der Waals surface area contributed by atoms with Crippen LogP contribution in [-0.2, 0) is 36.9 Å². The maximum absolute atomic E-state index is 10.9. The van der Waals surface area contributed by atoms with Crippen molar-refractivity contribution in [3.63, 3.8) is 0 Å². The highest BCUT2D eigenvalue weighted by atomic mass is 16.7. The number of hydrogen-bond donors (Lipinski definition) is 1. The van der Waals surface area contributed by atoms with Gasteiger partial charge in [-0.05, 0) is 16.7 Å². The first-order valence-electron chi connectivity index (χ1n) is 11.1. The van der Waals surface area contributed by atoms with Crippen LogP contribution in [0.4, 0.5) is 0 Å². The van der Waals surface area contributed by atoms with Gasteiger partial charge in [0.05, 0.1) is 26.4 Å². The van der Waals surface area contributed by atoms with Crippen molar-refractivity contribution >= 4 is 0 Å². The quantitative estimate of drug-likeness (QED) is 0.157. The molecule has 9 nitrogen and oxygen atoms in total. The van der Waals surface area contributed by atoms with Crippen molar-refractivity contribution in [2.45, 2.75) is 50.0 Å². The van der Waals surface area contributed by atoms with Gasteiger partial charge in [0.25, 0.3) is 0 Å². The summed E-state index contributed by atoms with van der Waals surface area (Å²) >= 11 is 0. The van der Waals surface area contributed by atoms with Crippen LogP contribution in [0.3, 0.4) is 0 Å². The number of aliphatic hydroxyl groups is 1. The third kappa shape index (κ3) is 7.12. The molecule has 2 aromatic rings. The van der Waals surface area contributed by atoms with Crippen LogP contribution in [0.2, 0.25) is 0 Å². The standard InChI is InChI=1S/C25H31N3O6/c1-3-14-31-17-20(29)22-24(33-16-19-12-8-5-9-13-19)23(21(27-28-26)25(30-2)34-22)32-15-18-10-6-4-7-11-18/h3-13,20-25,29H,1,14-17H2,2H3/t20-,21-,22-,23-,24-,25+/m1/s1. The average molecular weight is 470 g/mol. The second-order valence-corrected chi connectivity index (χ2v) is 7.82. The Morgan fingerprint density at radius 3 is 2.18 bits per heavy atom. The molecule has 34 heavy (non-hydrogen) atoms. The number of benzene rings is 2. The second kappa shape index (κ2) is 13.8. The minimum absolute atomic E-state index is 0.00406. The van der Waals surface area contributed by atoms with Crippen molar-refractivity contribution in [1.29, 1.82) is 0 Å². The van der Waals surface area contributed by atoms with Gasteiger partial charge in [-0.2, -0.15) is 0 Å². The average Bonchev–Trinajstić information content (AvgIpc) is 2.88. The minimum atomic E-state index is -1.05. The molecule has 1 heterocycles. The molecule has 0 aliphatic carbocycles. The van der Waals surface area contributed by atoms with Crippen molar-refractivity contribution in [2.24, 2.45) is 5.11 Å². The summed E-state index contributed by atoms with van der Waals surface area (Å²) in [5.74, 6) is 0. The molecule has 0 saturated carbocycles. The Morgan fingerprint density at radius 1 is 1.06 bits per heavy atom. The van der Waals surface area contributed by atoms with Gasteiger partial charge in [-0.3, -0.25) is 0 Å². The molecule has 0 amide bonds. The molecule has 0 aromatic heterocycles. The zero-order chi connectivity index (χ0) is 24.2. The van der Waals surface area contributed by atoms with Crippen LogP contribution in [-0.4, -0.2) is 62.2 Å². The lowest BCUT2D eigenvalue weighted by molar-refractivity contribution is -0.291. The summed E-state index contributed by atoms with van der Waals surface area (Å²) in [6.45, 7) is 4.39. The molecule has 6 atom stereocenters. The van der Waals surface area contributed by atoms with E-state index in [0.29, 0.717) is 0 Å². The molecular formula is C25H31N3O6. The first-order valence-corrected chi connectivity index (χ1v) is 11.1. The normalized spacial score (nSPS) is 25.3. The van der Waals surface area contributed by atoms with Gasteiger partial charge in [-0.15, -0.1) is 6.58 Å². The second-order valence-electron chi connectivity index (χ2n) is 7.82. The van der Waals surface area contributed by atoms with E-state index >= 15 is 0 Å². The van der Waals surface area contributed by atoms with E-state index in [0.717, 1.165) is 11.1 Å². The van der Waals surface area contributed by atoms with Crippen molar-refractivity contribution < 1.29 is 28.8 Å². The van der Waals surface area contributed by atoms with Gasteiger partial charge in [0, 0.05) is 12.0 Å². The molecule has 0 radical (unpaired) electrons. The highest BCUT2D eigenvalue weighted by Gasteiger charge is 2.50. The topological polar surface area (TPSA) is 115 Å². The molecule has 9 heteroatoms. The first kappa shape index (κ1) is 25.9. The number of methoxy groups -OCH3 is 1. The summed E-state index contributed by atoms with van der Waals surface area (Å²) in [7, 11) is 1.45. The molecule has 1 fully saturated rings. The molecule has 1 N–H and O–H groups in total. The Balaban J connectivity index is 1.88. The van der Waals surface area contributed by atoms with E-state index in [1.54, 1.807) is 6.08 Å². The minimum Gasteiger partial charge on any atom is -0.388 e. The fourth-order valence-electron chi connectivity index (χ4n) is 3.82. The Bertz CT molecular complexity index is 909. The fourth-order valence-corrected chi connectivity index (χ4v) is 3.82. The highest BCUT2D eigenvalue weighted by molar-refractivity contribution is 5.15. The van der Waals surface area contributed by atoms with Crippen molar-refractivity contribution in [3.8, 4) is 0 Å².